The van der Waals surface area contributed by atoms with Crippen LogP contribution in [-0.4, -0.2) is 57.9 Å². The molecule has 3 N–H and O–H groups in total. The summed E-state index contributed by atoms with van der Waals surface area (Å²) in [4.78, 5) is 41.6. The van der Waals surface area contributed by atoms with Crippen LogP contribution in [0.2, 0.25) is 0 Å². The Hall–Kier alpha value is -2.42. The fourth-order valence-electron chi connectivity index (χ4n) is 4.26. The third kappa shape index (κ3) is 12.0. The molecular weight excluding hydrogens is 502 g/mol. The van der Waals surface area contributed by atoms with Crippen LogP contribution >= 0.6 is 12.6 Å². The largest absolute Gasteiger partial charge is 0.508 e. The van der Waals surface area contributed by atoms with Crippen molar-refractivity contribution < 1.29 is 24.2 Å². The van der Waals surface area contributed by atoms with E-state index in [2.05, 4.69) is 30.2 Å². The summed E-state index contributed by atoms with van der Waals surface area (Å²) in [6.45, 7) is 11.6. The SMILES string of the molecule is CCCCCCCCN(C(=O)C(CS)NC(=O)OC(C)(C)C)C(C(=O)NC(C)CCC)c1ccccc1O. The normalized spacial score (nSPS) is 13.8. The first kappa shape index (κ1) is 33.6. The van der Waals surface area contributed by atoms with Gasteiger partial charge in [0.15, 0.2) is 0 Å². The number of phenolic OH excluding ortho intramolecular Hbond substituents is 1. The first-order valence-electron chi connectivity index (χ1n) is 13.9. The highest BCUT2D eigenvalue weighted by Gasteiger charge is 2.37. The number of hydrogen-bond donors (Lipinski definition) is 4. The molecule has 0 heterocycles. The molecule has 0 aromatic heterocycles. The van der Waals surface area contributed by atoms with Crippen LogP contribution in [-0.2, 0) is 14.3 Å². The number of carbonyl (C=O) groups excluding carboxylic acids is 3. The summed E-state index contributed by atoms with van der Waals surface area (Å²) in [6, 6.07) is 4.38. The van der Waals surface area contributed by atoms with Crippen LogP contribution in [0.15, 0.2) is 24.3 Å². The number of rotatable bonds is 16. The number of phenols is 1. The minimum Gasteiger partial charge on any atom is -0.508 e. The summed E-state index contributed by atoms with van der Waals surface area (Å²) in [5, 5.41) is 16.3. The number of para-hydroxylation sites is 1. The molecule has 0 aliphatic carbocycles. The molecule has 0 saturated carbocycles. The van der Waals surface area contributed by atoms with E-state index < -0.39 is 29.7 Å². The molecule has 1 rings (SSSR count). The van der Waals surface area contributed by atoms with E-state index in [1.54, 1.807) is 39.0 Å². The second-order valence-electron chi connectivity index (χ2n) is 10.8. The monoisotopic (exact) mass is 551 g/mol. The van der Waals surface area contributed by atoms with Gasteiger partial charge in [-0.3, -0.25) is 9.59 Å². The van der Waals surface area contributed by atoms with Gasteiger partial charge < -0.3 is 25.4 Å². The predicted molar refractivity (Wildman–Crippen MR) is 155 cm³/mol. The van der Waals surface area contributed by atoms with E-state index in [0.29, 0.717) is 18.5 Å². The Morgan fingerprint density at radius 1 is 1.00 bits per heavy atom. The van der Waals surface area contributed by atoms with Crippen LogP contribution in [0.25, 0.3) is 0 Å². The number of benzene rings is 1. The number of amides is 3. The van der Waals surface area contributed by atoms with E-state index in [1.807, 2.05) is 13.8 Å². The van der Waals surface area contributed by atoms with Crippen molar-refractivity contribution in [3.8, 4) is 5.75 Å². The van der Waals surface area contributed by atoms with Crippen molar-refractivity contribution in [1.29, 1.82) is 0 Å². The molecule has 3 unspecified atom stereocenters. The van der Waals surface area contributed by atoms with Crippen molar-refractivity contribution in [2.75, 3.05) is 12.3 Å². The number of unbranched alkanes of at least 4 members (excludes halogenated alkanes) is 5. The van der Waals surface area contributed by atoms with E-state index in [9.17, 15) is 19.5 Å². The van der Waals surface area contributed by atoms with Gasteiger partial charge in [0.1, 0.15) is 23.4 Å². The van der Waals surface area contributed by atoms with Gasteiger partial charge in [0.05, 0.1) is 0 Å². The molecule has 38 heavy (non-hydrogen) atoms. The molecule has 0 aliphatic heterocycles. The van der Waals surface area contributed by atoms with Gasteiger partial charge in [-0.25, -0.2) is 4.79 Å². The third-order valence-electron chi connectivity index (χ3n) is 6.11. The highest BCUT2D eigenvalue weighted by molar-refractivity contribution is 7.80. The van der Waals surface area contributed by atoms with E-state index in [-0.39, 0.29) is 23.5 Å². The summed E-state index contributed by atoms with van der Waals surface area (Å²) in [7, 11) is 0. The van der Waals surface area contributed by atoms with Crippen molar-refractivity contribution in [2.24, 2.45) is 0 Å². The maximum Gasteiger partial charge on any atom is 0.408 e. The Labute approximate surface area is 234 Å². The number of carbonyl (C=O) groups is 3. The Morgan fingerprint density at radius 2 is 1.63 bits per heavy atom. The van der Waals surface area contributed by atoms with Gasteiger partial charge in [-0.05, 0) is 46.6 Å². The molecule has 3 amide bonds. The summed E-state index contributed by atoms with van der Waals surface area (Å²) in [6.07, 6.45) is 6.96. The number of ether oxygens (including phenoxy) is 1. The Morgan fingerprint density at radius 3 is 2.21 bits per heavy atom. The summed E-state index contributed by atoms with van der Waals surface area (Å²) in [5.74, 6) is -0.876. The van der Waals surface area contributed by atoms with Crippen molar-refractivity contribution in [2.45, 2.75) is 117 Å². The van der Waals surface area contributed by atoms with Crippen LogP contribution in [0.4, 0.5) is 4.79 Å². The molecule has 0 fully saturated rings. The third-order valence-corrected chi connectivity index (χ3v) is 6.47. The maximum atomic E-state index is 13.9. The van der Waals surface area contributed by atoms with Crippen LogP contribution in [0, 0.1) is 0 Å². The molecule has 216 valence electrons. The van der Waals surface area contributed by atoms with E-state index in [0.717, 1.165) is 44.9 Å². The van der Waals surface area contributed by atoms with Gasteiger partial charge >= 0.3 is 6.09 Å². The number of hydrogen-bond acceptors (Lipinski definition) is 6. The zero-order valence-electron chi connectivity index (χ0n) is 24.1. The zero-order valence-corrected chi connectivity index (χ0v) is 25.0. The summed E-state index contributed by atoms with van der Waals surface area (Å²) >= 11 is 4.33. The minimum absolute atomic E-state index is 0.0203. The first-order valence-corrected chi connectivity index (χ1v) is 14.6. The number of nitrogens with one attached hydrogen (secondary N) is 2. The van der Waals surface area contributed by atoms with Crippen molar-refractivity contribution >= 4 is 30.5 Å². The molecule has 0 bridgehead atoms. The highest BCUT2D eigenvalue weighted by Crippen LogP contribution is 2.30. The molecular formula is C29H49N3O5S. The molecule has 3 atom stereocenters. The molecule has 1 aromatic rings. The molecule has 0 saturated heterocycles. The Bertz CT molecular complexity index is 874. The van der Waals surface area contributed by atoms with Crippen LogP contribution in [0.5, 0.6) is 5.75 Å². The fourth-order valence-corrected chi connectivity index (χ4v) is 4.51. The lowest BCUT2D eigenvalue weighted by Gasteiger charge is -2.35. The van der Waals surface area contributed by atoms with E-state index in [1.165, 1.54) is 11.0 Å². The van der Waals surface area contributed by atoms with E-state index in [4.69, 9.17) is 4.74 Å². The molecule has 0 spiro atoms. The van der Waals surface area contributed by atoms with Crippen LogP contribution < -0.4 is 10.6 Å². The molecule has 0 aliphatic rings. The average Bonchev–Trinajstić information content (AvgIpc) is 2.83. The molecule has 0 radical (unpaired) electrons. The van der Waals surface area contributed by atoms with Gasteiger partial charge in [-0.2, -0.15) is 12.6 Å². The van der Waals surface area contributed by atoms with Crippen molar-refractivity contribution in [3.63, 3.8) is 0 Å². The quantitative estimate of drug-likeness (QED) is 0.155. The smallest absolute Gasteiger partial charge is 0.408 e. The van der Waals surface area contributed by atoms with Crippen molar-refractivity contribution in [3.05, 3.63) is 29.8 Å². The van der Waals surface area contributed by atoms with E-state index >= 15 is 0 Å². The van der Waals surface area contributed by atoms with Gasteiger partial charge in [0.2, 0.25) is 11.8 Å². The molecule has 8 nitrogen and oxygen atoms in total. The summed E-state index contributed by atoms with van der Waals surface area (Å²) < 4.78 is 5.35. The number of thiol groups is 1. The van der Waals surface area contributed by atoms with Crippen LogP contribution in [0.3, 0.4) is 0 Å². The van der Waals surface area contributed by atoms with Crippen molar-refractivity contribution in [1.82, 2.24) is 15.5 Å². The van der Waals surface area contributed by atoms with Gasteiger partial charge in [0, 0.05) is 23.9 Å². The number of nitrogens with zero attached hydrogens (tertiary/aromatic N) is 1. The Kier molecular flexibility index (Phi) is 15.2. The lowest BCUT2D eigenvalue weighted by Crippen LogP contribution is -2.54. The highest BCUT2D eigenvalue weighted by atomic mass is 32.1. The fraction of sp³-hybridized carbons (Fsp3) is 0.690. The number of alkyl carbamates (subject to hydrolysis) is 1. The zero-order chi connectivity index (χ0) is 28.7. The van der Waals surface area contributed by atoms with Gasteiger partial charge in [0.25, 0.3) is 0 Å². The van der Waals surface area contributed by atoms with Gasteiger partial charge in [-0.1, -0.05) is 70.6 Å². The van der Waals surface area contributed by atoms with Crippen LogP contribution in [0.1, 0.15) is 105 Å². The first-order chi connectivity index (χ1) is 17.9. The average molecular weight is 552 g/mol. The Balaban J connectivity index is 3.36. The standard InChI is InChI=1S/C29H49N3O5S/c1-7-9-10-11-12-15-19-32(27(35)23(20-38)31-28(36)37-29(4,5)6)25(22-17-13-14-18-24(22)33)26(34)30-21(3)16-8-2/h13-14,17-18,21,23,25,33,38H,7-12,15-16,19-20H2,1-6H3,(H,30,34)(H,31,36). The lowest BCUT2D eigenvalue weighted by atomic mass is 10.0. The number of aromatic hydroxyl groups is 1. The lowest BCUT2D eigenvalue weighted by molar-refractivity contribution is -0.142. The summed E-state index contributed by atoms with van der Waals surface area (Å²) in [5.41, 5.74) is -0.400. The second-order valence-corrected chi connectivity index (χ2v) is 11.2. The maximum absolute atomic E-state index is 13.9. The minimum atomic E-state index is -1.07. The second kappa shape index (κ2) is 17.2. The molecule has 9 heteroatoms. The molecule has 1 aromatic carbocycles. The topological polar surface area (TPSA) is 108 Å². The predicted octanol–water partition coefficient (Wildman–Crippen LogP) is 5.75. The van der Waals surface area contributed by atoms with Gasteiger partial charge in [-0.15, -0.1) is 0 Å².